The highest BCUT2D eigenvalue weighted by Gasteiger charge is 2.07. The molecule has 0 amide bonds. The van der Waals surface area contributed by atoms with Gasteiger partial charge in [-0.2, -0.15) is 0 Å². The molecule has 0 bridgehead atoms. The summed E-state index contributed by atoms with van der Waals surface area (Å²) in [5.74, 6) is 1.12. The molecule has 0 atom stereocenters. The van der Waals surface area contributed by atoms with Crippen molar-refractivity contribution in [3.63, 3.8) is 0 Å². The highest BCUT2D eigenvalue weighted by atomic mass is 35.5. The lowest BCUT2D eigenvalue weighted by atomic mass is 10.2. The van der Waals surface area contributed by atoms with E-state index in [1.165, 1.54) is 6.33 Å². The Hall–Kier alpha value is -2.20. The zero-order valence-corrected chi connectivity index (χ0v) is 10.9. The second kappa shape index (κ2) is 4.82. The van der Waals surface area contributed by atoms with Gasteiger partial charge in [0.2, 0.25) is 5.88 Å². The first-order valence-corrected chi connectivity index (χ1v) is 6.12. The number of fused-ring (bicyclic) bond motifs is 1. The first-order valence-electron chi connectivity index (χ1n) is 5.74. The molecule has 0 spiro atoms. The van der Waals surface area contributed by atoms with Crippen LogP contribution in [0.4, 0.5) is 0 Å². The molecule has 0 unspecified atom stereocenters. The maximum Gasteiger partial charge on any atom is 0.223 e. The van der Waals surface area contributed by atoms with E-state index in [4.69, 9.17) is 16.3 Å². The molecule has 0 aliphatic heterocycles. The maximum atomic E-state index is 5.82. The average molecular weight is 272 g/mol. The molecular weight excluding hydrogens is 262 g/mol. The van der Waals surface area contributed by atoms with Crippen LogP contribution in [0.25, 0.3) is 10.9 Å². The van der Waals surface area contributed by atoms with E-state index in [0.717, 1.165) is 16.6 Å². The summed E-state index contributed by atoms with van der Waals surface area (Å²) in [4.78, 5) is 12.3. The monoisotopic (exact) mass is 271 g/mol. The Morgan fingerprint density at radius 2 is 1.95 bits per heavy atom. The molecule has 3 aromatic rings. The smallest absolute Gasteiger partial charge is 0.223 e. The van der Waals surface area contributed by atoms with Gasteiger partial charge in [0.05, 0.1) is 5.52 Å². The quantitative estimate of drug-likeness (QED) is 0.666. The fraction of sp³-hybridized carbons (Fsp3) is 0.0714. The molecule has 3 rings (SSSR count). The molecule has 94 valence electrons. The fourth-order valence-corrected chi connectivity index (χ4v) is 1.98. The minimum atomic E-state index is 0.347. The second-order valence-electron chi connectivity index (χ2n) is 4.06. The van der Waals surface area contributed by atoms with Crippen molar-refractivity contribution in [1.82, 2.24) is 15.0 Å². The van der Waals surface area contributed by atoms with Crippen molar-refractivity contribution in [3.8, 4) is 11.6 Å². The molecule has 1 aromatic carbocycles. The highest BCUT2D eigenvalue weighted by Crippen LogP contribution is 2.29. The summed E-state index contributed by atoms with van der Waals surface area (Å²) in [7, 11) is 0. The molecule has 2 aromatic heterocycles. The minimum Gasteiger partial charge on any atom is -0.438 e. The lowest BCUT2D eigenvalue weighted by Crippen LogP contribution is -1.92. The first-order chi connectivity index (χ1) is 9.22. The van der Waals surface area contributed by atoms with Gasteiger partial charge in [-0.05, 0) is 19.1 Å². The van der Waals surface area contributed by atoms with Crippen molar-refractivity contribution in [2.75, 3.05) is 0 Å². The van der Waals surface area contributed by atoms with Gasteiger partial charge in [0.15, 0.2) is 0 Å². The van der Waals surface area contributed by atoms with Crippen molar-refractivity contribution >= 4 is 22.5 Å². The molecule has 0 saturated heterocycles. The summed E-state index contributed by atoms with van der Waals surface area (Å²) in [5.41, 5.74) is 1.77. The van der Waals surface area contributed by atoms with E-state index in [0.29, 0.717) is 16.8 Å². The lowest BCUT2D eigenvalue weighted by molar-refractivity contribution is 0.466. The van der Waals surface area contributed by atoms with Gasteiger partial charge in [-0.15, -0.1) is 0 Å². The molecule has 0 saturated carbocycles. The highest BCUT2D eigenvalue weighted by molar-refractivity contribution is 6.29. The number of aromatic nitrogens is 3. The Morgan fingerprint density at radius 3 is 2.79 bits per heavy atom. The van der Waals surface area contributed by atoms with Gasteiger partial charge in [0.1, 0.15) is 17.2 Å². The molecule has 0 radical (unpaired) electrons. The summed E-state index contributed by atoms with van der Waals surface area (Å²) in [6.45, 7) is 1.92. The molecule has 0 fully saturated rings. The van der Waals surface area contributed by atoms with Crippen LogP contribution >= 0.6 is 11.6 Å². The fourth-order valence-electron chi connectivity index (χ4n) is 1.84. The number of para-hydroxylation sites is 1. The van der Waals surface area contributed by atoms with E-state index in [1.807, 2.05) is 37.3 Å². The van der Waals surface area contributed by atoms with Crippen molar-refractivity contribution in [1.29, 1.82) is 0 Å². The second-order valence-corrected chi connectivity index (χ2v) is 4.45. The maximum absolute atomic E-state index is 5.82. The Bertz CT molecular complexity index is 746. The van der Waals surface area contributed by atoms with E-state index in [-0.39, 0.29) is 0 Å². The van der Waals surface area contributed by atoms with Gasteiger partial charge in [-0.3, -0.25) is 4.98 Å². The normalized spacial score (nSPS) is 10.6. The summed E-state index contributed by atoms with van der Waals surface area (Å²) >= 11 is 5.82. The van der Waals surface area contributed by atoms with Crippen LogP contribution < -0.4 is 4.74 Å². The SMILES string of the molecule is Cc1cc(Oc2cc(Cl)ncn2)c2ccccc2n1. The Kier molecular flexibility index (Phi) is 3.01. The third kappa shape index (κ3) is 2.48. The molecule has 2 heterocycles. The first kappa shape index (κ1) is 11.9. The van der Waals surface area contributed by atoms with Crippen LogP contribution in [0, 0.1) is 6.92 Å². The standard InChI is InChI=1S/C14H10ClN3O/c1-9-6-12(10-4-2-3-5-11(10)18-9)19-14-7-13(15)16-8-17-14/h2-8H,1H3. The molecule has 19 heavy (non-hydrogen) atoms. The number of halogens is 1. The van der Waals surface area contributed by atoms with Crippen molar-refractivity contribution < 1.29 is 4.74 Å². The number of rotatable bonds is 2. The average Bonchev–Trinajstić information content (AvgIpc) is 2.38. The number of ether oxygens (including phenoxy) is 1. The van der Waals surface area contributed by atoms with Crippen LogP contribution in [-0.4, -0.2) is 15.0 Å². The molecule has 0 aliphatic rings. The number of hydrogen-bond acceptors (Lipinski definition) is 4. The van der Waals surface area contributed by atoms with Crippen LogP contribution in [0.15, 0.2) is 42.7 Å². The lowest BCUT2D eigenvalue weighted by Gasteiger charge is -2.08. The van der Waals surface area contributed by atoms with Gasteiger partial charge >= 0.3 is 0 Å². The van der Waals surface area contributed by atoms with E-state index in [2.05, 4.69) is 15.0 Å². The van der Waals surface area contributed by atoms with Crippen LogP contribution in [0.5, 0.6) is 11.6 Å². The van der Waals surface area contributed by atoms with Crippen LogP contribution in [0.2, 0.25) is 5.15 Å². The molecular formula is C14H10ClN3O. The third-order valence-electron chi connectivity index (χ3n) is 2.63. The largest absolute Gasteiger partial charge is 0.438 e. The van der Waals surface area contributed by atoms with Crippen LogP contribution in [-0.2, 0) is 0 Å². The predicted octanol–water partition coefficient (Wildman–Crippen LogP) is 3.78. The van der Waals surface area contributed by atoms with E-state index >= 15 is 0 Å². The molecule has 5 heteroatoms. The number of aryl methyl sites for hydroxylation is 1. The van der Waals surface area contributed by atoms with Crippen LogP contribution in [0.1, 0.15) is 5.69 Å². The summed E-state index contributed by atoms with van der Waals surface area (Å²) in [6, 6.07) is 11.2. The Balaban J connectivity index is 2.09. The molecule has 4 nitrogen and oxygen atoms in total. The van der Waals surface area contributed by atoms with Gasteiger partial charge in [0, 0.05) is 23.2 Å². The topological polar surface area (TPSA) is 47.9 Å². The number of hydrogen-bond donors (Lipinski definition) is 0. The van der Waals surface area contributed by atoms with Crippen molar-refractivity contribution in [2.24, 2.45) is 0 Å². The number of nitrogens with zero attached hydrogens (tertiary/aromatic N) is 3. The summed E-state index contributed by atoms with van der Waals surface area (Å²) in [6.07, 6.45) is 1.37. The van der Waals surface area contributed by atoms with E-state index < -0.39 is 0 Å². The van der Waals surface area contributed by atoms with Gasteiger partial charge in [-0.1, -0.05) is 23.7 Å². The van der Waals surface area contributed by atoms with Gasteiger partial charge < -0.3 is 4.74 Å². The Morgan fingerprint density at radius 1 is 1.11 bits per heavy atom. The van der Waals surface area contributed by atoms with Crippen LogP contribution in [0.3, 0.4) is 0 Å². The third-order valence-corrected chi connectivity index (χ3v) is 2.84. The summed E-state index contributed by atoms with van der Waals surface area (Å²) < 4.78 is 5.78. The zero-order valence-electron chi connectivity index (χ0n) is 10.2. The van der Waals surface area contributed by atoms with E-state index in [1.54, 1.807) is 6.07 Å². The molecule has 0 N–H and O–H groups in total. The van der Waals surface area contributed by atoms with Gasteiger partial charge in [0.25, 0.3) is 0 Å². The Labute approximate surface area is 115 Å². The number of benzene rings is 1. The molecule has 0 aliphatic carbocycles. The van der Waals surface area contributed by atoms with E-state index in [9.17, 15) is 0 Å². The minimum absolute atomic E-state index is 0.347. The van der Waals surface area contributed by atoms with Crippen molar-refractivity contribution in [3.05, 3.63) is 53.6 Å². The number of pyridine rings is 1. The van der Waals surface area contributed by atoms with Gasteiger partial charge in [-0.25, -0.2) is 9.97 Å². The zero-order chi connectivity index (χ0) is 13.2. The van der Waals surface area contributed by atoms with Crippen molar-refractivity contribution in [2.45, 2.75) is 6.92 Å². The predicted molar refractivity (Wildman–Crippen MR) is 73.6 cm³/mol. The summed E-state index contributed by atoms with van der Waals surface area (Å²) in [5, 5.41) is 1.28.